The van der Waals surface area contributed by atoms with Crippen molar-refractivity contribution in [2.24, 2.45) is 0 Å². The van der Waals surface area contributed by atoms with Crippen molar-refractivity contribution in [3.63, 3.8) is 0 Å². The zero-order valence-electron chi connectivity index (χ0n) is 9.12. The van der Waals surface area contributed by atoms with Crippen molar-refractivity contribution in [2.45, 2.75) is 51.6 Å². The van der Waals surface area contributed by atoms with Crippen molar-refractivity contribution < 1.29 is 9.52 Å². The number of unbranched alkanes of at least 4 members (excludes halogenated alkanes) is 3. The summed E-state index contributed by atoms with van der Waals surface area (Å²) in [5.41, 5.74) is 0.162. The minimum absolute atomic E-state index is 0.721. The van der Waals surface area contributed by atoms with Gasteiger partial charge in [-0.15, -0.1) is 0 Å². The Morgan fingerprint density at radius 1 is 1.36 bits per heavy atom. The molecule has 2 heteroatoms. The number of aliphatic hydroxyl groups is 1. The molecule has 0 aromatic carbocycles. The van der Waals surface area contributed by atoms with Gasteiger partial charge in [0.1, 0.15) is 0 Å². The monoisotopic (exact) mass is 196 g/mol. The summed E-state index contributed by atoms with van der Waals surface area (Å²) in [5.74, 6) is 0. The molecule has 1 aromatic rings. The van der Waals surface area contributed by atoms with Crippen molar-refractivity contribution in [3.05, 3.63) is 24.2 Å². The molecule has 14 heavy (non-hydrogen) atoms. The Hall–Kier alpha value is -0.760. The third kappa shape index (κ3) is 3.18. The number of hydrogen-bond donors (Lipinski definition) is 1. The van der Waals surface area contributed by atoms with E-state index in [-0.39, 0.29) is 0 Å². The van der Waals surface area contributed by atoms with Gasteiger partial charge in [-0.25, -0.2) is 0 Å². The molecule has 0 radical (unpaired) electrons. The van der Waals surface area contributed by atoms with Crippen molar-refractivity contribution in [3.8, 4) is 0 Å². The van der Waals surface area contributed by atoms with Crippen LogP contribution in [0.25, 0.3) is 0 Å². The van der Waals surface area contributed by atoms with E-state index in [0.29, 0.717) is 0 Å². The Morgan fingerprint density at radius 2 is 2.14 bits per heavy atom. The van der Waals surface area contributed by atoms with Gasteiger partial charge in [-0.3, -0.25) is 0 Å². The first kappa shape index (κ1) is 11.3. The lowest BCUT2D eigenvalue weighted by Gasteiger charge is -2.21. The van der Waals surface area contributed by atoms with Gasteiger partial charge in [0.2, 0.25) is 0 Å². The van der Waals surface area contributed by atoms with Crippen molar-refractivity contribution in [1.82, 2.24) is 0 Å². The van der Waals surface area contributed by atoms with E-state index in [1.807, 2.05) is 13.0 Å². The summed E-state index contributed by atoms with van der Waals surface area (Å²) >= 11 is 0. The predicted octanol–water partition coefficient (Wildman–Crippen LogP) is 3.46. The van der Waals surface area contributed by atoms with Gasteiger partial charge in [-0.1, -0.05) is 32.6 Å². The third-order valence-corrected chi connectivity index (χ3v) is 2.66. The molecule has 1 atom stereocenters. The molecule has 0 spiro atoms. The van der Waals surface area contributed by atoms with Crippen molar-refractivity contribution in [2.75, 3.05) is 0 Å². The lowest BCUT2D eigenvalue weighted by Crippen LogP contribution is -2.19. The molecule has 0 aliphatic carbocycles. The minimum atomic E-state index is -0.721. The van der Waals surface area contributed by atoms with Gasteiger partial charge in [-0.2, -0.15) is 0 Å². The SMILES string of the molecule is CCCCCCC(C)(O)c1ccoc1. The normalized spacial score (nSPS) is 15.4. The van der Waals surface area contributed by atoms with Crippen molar-refractivity contribution in [1.29, 1.82) is 0 Å². The van der Waals surface area contributed by atoms with E-state index in [9.17, 15) is 5.11 Å². The lowest BCUT2D eigenvalue weighted by molar-refractivity contribution is 0.0443. The summed E-state index contributed by atoms with van der Waals surface area (Å²) in [7, 11) is 0. The molecule has 0 aliphatic rings. The molecule has 0 saturated carbocycles. The molecule has 1 unspecified atom stereocenters. The zero-order valence-corrected chi connectivity index (χ0v) is 9.12. The molecule has 0 fully saturated rings. The van der Waals surface area contributed by atoms with Gasteiger partial charge >= 0.3 is 0 Å². The maximum Gasteiger partial charge on any atom is 0.0963 e. The highest BCUT2D eigenvalue weighted by atomic mass is 16.3. The van der Waals surface area contributed by atoms with Crippen molar-refractivity contribution >= 4 is 0 Å². The standard InChI is InChI=1S/C12H20O2/c1-3-4-5-6-8-12(2,13)11-7-9-14-10-11/h7,9-10,13H,3-6,8H2,1-2H3. The zero-order chi connectivity index (χ0) is 10.4. The van der Waals surface area contributed by atoms with Gasteiger partial charge in [0.15, 0.2) is 0 Å². The Morgan fingerprint density at radius 3 is 2.71 bits per heavy atom. The van der Waals surface area contributed by atoms with Crippen LogP contribution in [0.3, 0.4) is 0 Å². The summed E-state index contributed by atoms with van der Waals surface area (Å²) in [6.07, 6.45) is 8.80. The van der Waals surface area contributed by atoms with E-state index in [1.165, 1.54) is 19.3 Å². The van der Waals surface area contributed by atoms with Crippen LogP contribution in [0.15, 0.2) is 23.0 Å². The van der Waals surface area contributed by atoms with E-state index < -0.39 is 5.60 Å². The largest absolute Gasteiger partial charge is 0.472 e. The molecule has 0 aliphatic heterocycles. The van der Waals surface area contributed by atoms with Gasteiger partial charge in [0, 0.05) is 5.56 Å². The topological polar surface area (TPSA) is 33.4 Å². The number of hydrogen-bond acceptors (Lipinski definition) is 2. The Balaban J connectivity index is 2.35. The van der Waals surface area contributed by atoms with E-state index in [2.05, 4.69) is 6.92 Å². The second-order valence-electron chi connectivity index (χ2n) is 4.10. The van der Waals surface area contributed by atoms with E-state index >= 15 is 0 Å². The minimum Gasteiger partial charge on any atom is -0.472 e. The second kappa shape index (κ2) is 5.20. The Bertz CT molecular complexity index is 237. The fraction of sp³-hybridized carbons (Fsp3) is 0.667. The second-order valence-corrected chi connectivity index (χ2v) is 4.10. The van der Waals surface area contributed by atoms with Crippen LogP contribution >= 0.6 is 0 Å². The van der Waals surface area contributed by atoms with Crippen LogP contribution in [0.5, 0.6) is 0 Å². The Kier molecular flexibility index (Phi) is 4.21. The van der Waals surface area contributed by atoms with Crippen LogP contribution < -0.4 is 0 Å². The smallest absolute Gasteiger partial charge is 0.0963 e. The summed E-state index contributed by atoms with van der Waals surface area (Å²) < 4.78 is 4.97. The van der Waals surface area contributed by atoms with Crippen LogP contribution in [0.1, 0.15) is 51.5 Å². The van der Waals surface area contributed by atoms with Gasteiger partial charge in [-0.05, 0) is 19.4 Å². The maximum atomic E-state index is 10.1. The van der Waals surface area contributed by atoms with Gasteiger partial charge in [0.25, 0.3) is 0 Å². The number of furan rings is 1. The summed E-state index contributed by atoms with van der Waals surface area (Å²) in [5, 5.41) is 10.1. The number of rotatable bonds is 6. The maximum absolute atomic E-state index is 10.1. The fourth-order valence-electron chi connectivity index (χ4n) is 1.61. The molecule has 1 heterocycles. The molecule has 80 valence electrons. The molecule has 1 rings (SSSR count). The average molecular weight is 196 g/mol. The summed E-state index contributed by atoms with van der Waals surface area (Å²) in [4.78, 5) is 0. The molecule has 0 saturated heterocycles. The summed E-state index contributed by atoms with van der Waals surface area (Å²) in [6, 6.07) is 1.83. The first-order chi connectivity index (χ1) is 6.67. The van der Waals surface area contributed by atoms with Crippen LogP contribution in [0, 0.1) is 0 Å². The average Bonchev–Trinajstić information content (AvgIpc) is 2.65. The van der Waals surface area contributed by atoms with E-state index in [0.717, 1.165) is 18.4 Å². The third-order valence-electron chi connectivity index (χ3n) is 2.66. The van der Waals surface area contributed by atoms with Crippen LogP contribution in [-0.2, 0) is 5.60 Å². The fourth-order valence-corrected chi connectivity index (χ4v) is 1.61. The van der Waals surface area contributed by atoms with Crippen LogP contribution in [0.4, 0.5) is 0 Å². The molecular weight excluding hydrogens is 176 g/mol. The molecule has 0 bridgehead atoms. The van der Waals surface area contributed by atoms with Crippen LogP contribution in [0.2, 0.25) is 0 Å². The quantitative estimate of drug-likeness (QED) is 0.707. The molecule has 0 amide bonds. The molecular formula is C12H20O2. The van der Waals surface area contributed by atoms with E-state index in [1.54, 1.807) is 12.5 Å². The molecule has 2 nitrogen and oxygen atoms in total. The first-order valence-electron chi connectivity index (χ1n) is 5.42. The van der Waals surface area contributed by atoms with Crippen LogP contribution in [-0.4, -0.2) is 5.11 Å². The predicted molar refractivity (Wildman–Crippen MR) is 57.0 cm³/mol. The summed E-state index contributed by atoms with van der Waals surface area (Å²) in [6.45, 7) is 4.04. The highest BCUT2D eigenvalue weighted by molar-refractivity contribution is 5.14. The lowest BCUT2D eigenvalue weighted by atomic mass is 9.92. The highest BCUT2D eigenvalue weighted by Gasteiger charge is 2.23. The first-order valence-corrected chi connectivity index (χ1v) is 5.42. The van der Waals surface area contributed by atoms with Gasteiger partial charge < -0.3 is 9.52 Å². The molecule has 1 N–H and O–H groups in total. The highest BCUT2D eigenvalue weighted by Crippen LogP contribution is 2.27. The Labute approximate surface area is 85.9 Å². The van der Waals surface area contributed by atoms with E-state index in [4.69, 9.17) is 4.42 Å². The molecule has 1 aromatic heterocycles. The van der Waals surface area contributed by atoms with Gasteiger partial charge in [0.05, 0.1) is 18.1 Å².